The van der Waals surface area contributed by atoms with Crippen molar-refractivity contribution in [2.75, 3.05) is 37.7 Å². The van der Waals surface area contributed by atoms with E-state index in [0.717, 1.165) is 58.1 Å². The van der Waals surface area contributed by atoms with Crippen molar-refractivity contribution < 1.29 is 4.74 Å². The highest BCUT2D eigenvalue weighted by Gasteiger charge is 2.40. The molecule has 0 amide bonds. The average molecular weight is 330 g/mol. The van der Waals surface area contributed by atoms with Crippen molar-refractivity contribution in [3.8, 4) is 0 Å². The minimum absolute atomic E-state index is 0.0244. The SMILES string of the molecule is c1cnc(N2CCOC3(CCN(Cc4cccs4)CC3)C2)nc1. The molecule has 1 spiro atoms. The number of thiophene rings is 1. The van der Waals surface area contributed by atoms with Crippen LogP contribution in [0.15, 0.2) is 36.0 Å². The summed E-state index contributed by atoms with van der Waals surface area (Å²) >= 11 is 1.84. The fourth-order valence-electron chi connectivity index (χ4n) is 3.51. The Hall–Kier alpha value is -1.50. The molecule has 0 atom stereocenters. The summed E-state index contributed by atoms with van der Waals surface area (Å²) in [5, 5.41) is 2.16. The molecule has 0 unspecified atom stereocenters. The molecule has 23 heavy (non-hydrogen) atoms. The molecule has 4 rings (SSSR count). The molecule has 4 heterocycles. The van der Waals surface area contributed by atoms with E-state index in [1.54, 1.807) is 0 Å². The van der Waals surface area contributed by atoms with E-state index in [4.69, 9.17) is 4.74 Å². The maximum atomic E-state index is 6.22. The van der Waals surface area contributed by atoms with Gasteiger partial charge in [0.1, 0.15) is 0 Å². The lowest BCUT2D eigenvalue weighted by Crippen LogP contribution is -2.57. The molecule has 2 fully saturated rings. The maximum absolute atomic E-state index is 6.22. The zero-order chi connectivity index (χ0) is 15.5. The van der Waals surface area contributed by atoms with Crippen molar-refractivity contribution in [2.24, 2.45) is 0 Å². The van der Waals surface area contributed by atoms with Gasteiger partial charge in [0.2, 0.25) is 5.95 Å². The van der Waals surface area contributed by atoms with Crippen LogP contribution < -0.4 is 4.90 Å². The summed E-state index contributed by atoms with van der Waals surface area (Å²) in [5.74, 6) is 0.830. The van der Waals surface area contributed by atoms with Gasteiger partial charge in [0, 0.05) is 43.4 Å². The van der Waals surface area contributed by atoms with Crippen LogP contribution in [0, 0.1) is 0 Å². The van der Waals surface area contributed by atoms with Crippen LogP contribution in [-0.4, -0.2) is 53.3 Å². The highest BCUT2D eigenvalue weighted by atomic mass is 32.1. The second kappa shape index (κ2) is 6.55. The average Bonchev–Trinajstić information content (AvgIpc) is 3.11. The number of anilines is 1. The molecule has 0 bridgehead atoms. The van der Waals surface area contributed by atoms with Crippen LogP contribution >= 0.6 is 11.3 Å². The molecule has 5 nitrogen and oxygen atoms in total. The molecule has 0 radical (unpaired) electrons. The summed E-state index contributed by atoms with van der Waals surface area (Å²) in [6.45, 7) is 5.82. The van der Waals surface area contributed by atoms with Gasteiger partial charge in [0.15, 0.2) is 0 Å². The van der Waals surface area contributed by atoms with E-state index in [1.807, 2.05) is 29.8 Å². The summed E-state index contributed by atoms with van der Waals surface area (Å²) in [5.41, 5.74) is -0.0244. The monoisotopic (exact) mass is 330 g/mol. The third-order valence-electron chi connectivity index (χ3n) is 4.81. The van der Waals surface area contributed by atoms with Crippen molar-refractivity contribution >= 4 is 17.3 Å². The van der Waals surface area contributed by atoms with Crippen LogP contribution in [0.2, 0.25) is 0 Å². The second-order valence-electron chi connectivity index (χ2n) is 6.36. The van der Waals surface area contributed by atoms with E-state index in [9.17, 15) is 0 Å². The van der Waals surface area contributed by atoms with Gasteiger partial charge in [-0.2, -0.15) is 0 Å². The Morgan fingerprint density at radius 2 is 1.96 bits per heavy atom. The summed E-state index contributed by atoms with van der Waals surface area (Å²) in [4.78, 5) is 15.1. The molecule has 2 aliphatic heterocycles. The first-order chi connectivity index (χ1) is 11.3. The highest BCUT2D eigenvalue weighted by molar-refractivity contribution is 7.09. The van der Waals surface area contributed by atoms with Crippen molar-refractivity contribution in [2.45, 2.75) is 25.0 Å². The second-order valence-corrected chi connectivity index (χ2v) is 7.39. The lowest BCUT2D eigenvalue weighted by atomic mass is 9.89. The number of ether oxygens (including phenoxy) is 1. The molecule has 6 heteroatoms. The van der Waals surface area contributed by atoms with E-state index in [2.05, 4.69) is 37.3 Å². The van der Waals surface area contributed by atoms with Gasteiger partial charge in [-0.1, -0.05) is 6.07 Å². The smallest absolute Gasteiger partial charge is 0.225 e. The van der Waals surface area contributed by atoms with Gasteiger partial charge in [-0.3, -0.25) is 4.90 Å². The van der Waals surface area contributed by atoms with E-state index in [0.29, 0.717) is 0 Å². The van der Waals surface area contributed by atoms with Crippen molar-refractivity contribution in [1.29, 1.82) is 0 Å². The Labute approximate surface area is 140 Å². The molecule has 2 saturated heterocycles. The molecular weight excluding hydrogens is 308 g/mol. The quantitative estimate of drug-likeness (QED) is 0.864. The minimum atomic E-state index is -0.0244. The summed E-state index contributed by atoms with van der Waals surface area (Å²) in [6, 6.07) is 6.22. The number of nitrogens with zero attached hydrogens (tertiary/aromatic N) is 4. The van der Waals surface area contributed by atoms with E-state index < -0.39 is 0 Å². The number of hydrogen-bond donors (Lipinski definition) is 0. The zero-order valence-corrected chi connectivity index (χ0v) is 14.0. The molecule has 122 valence electrons. The number of piperidine rings is 1. The highest BCUT2D eigenvalue weighted by Crippen LogP contribution is 2.32. The number of likely N-dealkylation sites (tertiary alicyclic amines) is 1. The largest absolute Gasteiger partial charge is 0.371 e. The van der Waals surface area contributed by atoms with Crippen LogP contribution in [0.1, 0.15) is 17.7 Å². The van der Waals surface area contributed by atoms with Crippen LogP contribution in [0.3, 0.4) is 0 Å². The van der Waals surface area contributed by atoms with Crippen molar-refractivity contribution in [1.82, 2.24) is 14.9 Å². The molecule has 0 N–H and O–H groups in total. The van der Waals surface area contributed by atoms with Gasteiger partial charge < -0.3 is 9.64 Å². The molecule has 2 aromatic rings. The Morgan fingerprint density at radius 1 is 1.13 bits per heavy atom. The fraction of sp³-hybridized carbons (Fsp3) is 0.529. The van der Waals surface area contributed by atoms with Crippen molar-refractivity contribution in [3.63, 3.8) is 0 Å². The van der Waals surface area contributed by atoms with Crippen LogP contribution in [-0.2, 0) is 11.3 Å². The van der Waals surface area contributed by atoms with Gasteiger partial charge in [-0.05, 0) is 30.4 Å². The topological polar surface area (TPSA) is 41.5 Å². The maximum Gasteiger partial charge on any atom is 0.225 e. The first kappa shape index (κ1) is 15.1. The predicted molar refractivity (Wildman–Crippen MR) is 91.8 cm³/mol. The Kier molecular flexibility index (Phi) is 4.29. The molecule has 0 aromatic carbocycles. The molecule has 2 aromatic heterocycles. The number of hydrogen-bond acceptors (Lipinski definition) is 6. The van der Waals surface area contributed by atoms with Crippen LogP contribution in [0.5, 0.6) is 0 Å². The van der Waals surface area contributed by atoms with Crippen LogP contribution in [0.25, 0.3) is 0 Å². The van der Waals surface area contributed by atoms with Crippen molar-refractivity contribution in [3.05, 3.63) is 40.8 Å². The zero-order valence-electron chi connectivity index (χ0n) is 13.2. The van der Waals surface area contributed by atoms with Gasteiger partial charge in [0.05, 0.1) is 18.8 Å². The Balaban J connectivity index is 1.38. The van der Waals surface area contributed by atoms with E-state index in [-0.39, 0.29) is 5.60 Å². The van der Waals surface area contributed by atoms with Gasteiger partial charge >= 0.3 is 0 Å². The lowest BCUT2D eigenvalue weighted by molar-refractivity contribution is -0.0923. The number of aromatic nitrogens is 2. The third-order valence-corrected chi connectivity index (χ3v) is 5.67. The predicted octanol–water partition coefficient (Wildman–Crippen LogP) is 2.41. The third kappa shape index (κ3) is 3.39. The fourth-order valence-corrected chi connectivity index (χ4v) is 4.26. The first-order valence-corrected chi connectivity index (χ1v) is 9.12. The molecule has 0 saturated carbocycles. The van der Waals surface area contributed by atoms with Crippen LogP contribution in [0.4, 0.5) is 5.95 Å². The first-order valence-electron chi connectivity index (χ1n) is 8.24. The molecular formula is C17H22N4OS. The minimum Gasteiger partial charge on any atom is -0.371 e. The summed E-state index contributed by atoms with van der Waals surface area (Å²) in [7, 11) is 0. The summed E-state index contributed by atoms with van der Waals surface area (Å²) in [6.07, 6.45) is 5.80. The van der Waals surface area contributed by atoms with Gasteiger partial charge in [-0.15, -0.1) is 11.3 Å². The Morgan fingerprint density at radius 3 is 2.70 bits per heavy atom. The summed E-state index contributed by atoms with van der Waals surface area (Å²) < 4.78 is 6.22. The number of morpholine rings is 1. The van der Waals surface area contributed by atoms with Gasteiger partial charge in [0.25, 0.3) is 0 Å². The van der Waals surface area contributed by atoms with E-state index >= 15 is 0 Å². The Bertz CT molecular complexity index is 611. The van der Waals surface area contributed by atoms with Gasteiger partial charge in [-0.25, -0.2) is 9.97 Å². The standard InChI is InChI=1S/C17H22N4OS/c1-3-15(23-12-1)13-20-8-4-17(5-9-20)14-21(10-11-22-17)16-18-6-2-7-19-16/h1-3,6-7,12H,4-5,8-11,13-14H2. The molecule has 2 aliphatic rings. The lowest BCUT2D eigenvalue weighted by Gasteiger charge is -2.47. The molecule has 0 aliphatic carbocycles. The number of rotatable bonds is 3. The normalized spacial score (nSPS) is 21.7. The van der Waals surface area contributed by atoms with E-state index in [1.165, 1.54) is 4.88 Å².